The number of rotatable bonds is 2. The fourth-order valence-corrected chi connectivity index (χ4v) is 2.80. The number of Topliss-reactive ketones (excluding diaryl/α,β-unsaturated/α-hetero) is 1. The Bertz CT molecular complexity index is 403. The highest BCUT2D eigenvalue weighted by Gasteiger charge is 2.35. The summed E-state index contributed by atoms with van der Waals surface area (Å²) in [6.45, 7) is 5.16. The lowest BCUT2D eigenvalue weighted by molar-refractivity contribution is -0.120. The molecule has 1 aromatic carbocycles. The molecule has 1 unspecified atom stereocenters. The Morgan fingerprint density at radius 3 is 2.69 bits per heavy atom. The molecule has 2 nitrogen and oxygen atoms in total. The van der Waals surface area contributed by atoms with Crippen molar-refractivity contribution in [2.45, 2.75) is 32.4 Å². The second-order valence-electron chi connectivity index (χ2n) is 4.47. The van der Waals surface area contributed by atoms with Crippen molar-refractivity contribution in [1.82, 2.24) is 4.90 Å². The Hall–Kier alpha value is -0.670. The van der Waals surface area contributed by atoms with Crippen molar-refractivity contribution in [3.63, 3.8) is 0 Å². The molecule has 1 fully saturated rings. The number of benzene rings is 1. The Labute approximate surface area is 105 Å². The summed E-state index contributed by atoms with van der Waals surface area (Å²) in [7, 11) is 0. The van der Waals surface area contributed by atoms with Crippen LogP contribution in [0.5, 0.6) is 0 Å². The Morgan fingerprint density at radius 1 is 1.38 bits per heavy atom. The first-order chi connectivity index (χ1) is 7.61. The lowest BCUT2D eigenvalue weighted by Crippen LogP contribution is -2.32. The molecule has 3 heteroatoms. The van der Waals surface area contributed by atoms with Gasteiger partial charge in [-0.2, -0.15) is 0 Å². The second-order valence-corrected chi connectivity index (χ2v) is 5.33. The Balaban J connectivity index is 2.38. The van der Waals surface area contributed by atoms with Crippen LogP contribution in [0, 0.1) is 0 Å². The van der Waals surface area contributed by atoms with Crippen LogP contribution in [0.15, 0.2) is 28.7 Å². The van der Waals surface area contributed by atoms with E-state index in [1.165, 1.54) is 0 Å². The maximum atomic E-state index is 12.0. The molecule has 86 valence electrons. The molecule has 0 aliphatic carbocycles. The SMILES string of the molecule is CC(C)N1CCC(=O)C1c1ccccc1Br. The van der Waals surface area contributed by atoms with E-state index in [4.69, 9.17) is 0 Å². The van der Waals surface area contributed by atoms with Crippen LogP contribution < -0.4 is 0 Å². The lowest BCUT2D eigenvalue weighted by Gasteiger charge is -2.27. The van der Waals surface area contributed by atoms with Crippen LogP contribution in [0.3, 0.4) is 0 Å². The van der Waals surface area contributed by atoms with E-state index in [1.54, 1.807) is 0 Å². The summed E-state index contributed by atoms with van der Waals surface area (Å²) in [5.74, 6) is 0.334. The molecular formula is C13H16BrNO. The average molecular weight is 282 g/mol. The zero-order valence-corrected chi connectivity index (χ0v) is 11.2. The quantitative estimate of drug-likeness (QED) is 0.830. The molecule has 0 saturated carbocycles. The summed E-state index contributed by atoms with van der Waals surface area (Å²) in [5, 5.41) is 0. The van der Waals surface area contributed by atoms with Crippen molar-refractivity contribution in [1.29, 1.82) is 0 Å². The average Bonchev–Trinajstić information content (AvgIpc) is 2.61. The van der Waals surface area contributed by atoms with Gasteiger partial charge in [-0.25, -0.2) is 0 Å². The Kier molecular flexibility index (Phi) is 3.45. The normalized spacial score (nSPS) is 22.0. The summed E-state index contributed by atoms with van der Waals surface area (Å²) < 4.78 is 1.03. The minimum Gasteiger partial charge on any atom is -0.297 e. The van der Waals surface area contributed by atoms with E-state index in [0.29, 0.717) is 18.2 Å². The van der Waals surface area contributed by atoms with E-state index in [0.717, 1.165) is 16.6 Å². The highest BCUT2D eigenvalue weighted by Crippen LogP contribution is 2.34. The van der Waals surface area contributed by atoms with Gasteiger partial charge in [0.1, 0.15) is 0 Å². The zero-order chi connectivity index (χ0) is 11.7. The van der Waals surface area contributed by atoms with Gasteiger partial charge in [0.2, 0.25) is 0 Å². The van der Waals surface area contributed by atoms with E-state index in [1.807, 2.05) is 24.3 Å². The van der Waals surface area contributed by atoms with Gasteiger partial charge >= 0.3 is 0 Å². The summed E-state index contributed by atoms with van der Waals surface area (Å²) in [5.41, 5.74) is 1.10. The first-order valence-corrected chi connectivity index (χ1v) is 6.43. The number of carbonyl (C=O) groups excluding carboxylic acids is 1. The number of likely N-dealkylation sites (tertiary alicyclic amines) is 1. The minimum atomic E-state index is -0.0597. The number of halogens is 1. The van der Waals surface area contributed by atoms with Crippen LogP contribution in [-0.4, -0.2) is 23.3 Å². The molecule has 1 aliphatic rings. The van der Waals surface area contributed by atoms with Gasteiger partial charge < -0.3 is 0 Å². The van der Waals surface area contributed by atoms with Crippen LogP contribution >= 0.6 is 15.9 Å². The summed E-state index contributed by atoms with van der Waals surface area (Å²) in [4.78, 5) is 14.2. The number of hydrogen-bond acceptors (Lipinski definition) is 2. The fourth-order valence-electron chi connectivity index (χ4n) is 2.30. The van der Waals surface area contributed by atoms with Gasteiger partial charge in [0.15, 0.2) is 5.78 Å². The van der Waals surface area contributed by atoms with Crippen molar-refractivity contribution in [2.75, 3.05) is 6.54 Å². The van der Waals surface area contributed by atoms with Gasteiger partial charge in [0.05, 0.1) is 6.04 Å². The topological polar surface area (TPSA) is 20.3 Å². The second kappa shape index (κ2) is 4.68. The third-order valence-electron chi connectivity index (χ3n) is 3.12. The maximum Gasteiger partial charge on any atom is 0.155 e. The van der Waals surface area contributed by atoms with Gasteiger partial charge in [-0.3, -0.25) is 9.69 Å². The predicted molar refractivity (Wildman–Crippen MR) is 68.3 cm³/mol. The summed E-state index contributed by atoms with van der Waals surface area (Å²) in [6.07, 6.45) is 0.671. The van der Waals surface area contributed by atoms with Crippen molar-refractivity contribution < 1.29 is 4.79 Å². The van der Waals surface area contributed by atoms with Gasteiger partial charge in [0.25, 0.3) is 0 Å². The molecule has 16 heavy (non-hydrogen) atoms. The monoisotopic (exact) mass is 281 g/mol. The highest BCUT2D eigenvalue weighted by atomic mass is 79.9. The van der Waals surface area contributed by atoms with Crippen molar-refractivity contribution >= 4 is 21.7 Å². The largest absolute Gasteiger partial charge is 0.297 e. The summed E-state index contributed by atoms with van der Waals surface area (Å²) in [6, 6.07) is 8.35. The molecule has 1 atom stereocenters. The predicted octanol–water partition coefficient (Wildman–Crippen LogP) is 3.17. The van der Waals surface area contributed by atoms with E-state index < -0.39 is 0 Å². The molecular weight excluding hydrogens is 266 g/mol. The van der Waals surface area contributed by atoms with Crippen molar-refractivity contribution in [2.24, 2.45) is 0 Å². The number of hydrogen-bond donors (Lipinski definition) is 0. The third kappa shape index (κ3) is 2.06. The first-order valence-electron chi connectivity index (χ1n) is 5.64. The highest BCUT2D eigenvalue weighted by molar-refractivity contribution is 9.10. The van der Waals surface area contributed by atoms with Gasteiger partial charge in [0, 0.05) is 23.5 Å². The molecule has 1 heterocycles. The minimum absolute atomic E-state index is 0.0597. The van der Waals surface area contributed by atoms with E-state index in [-0.39, 0.29) is 6.04 Å². The maximum absolute atomic E-state index is 12.0. The smallest absolute Gasteiger partial charge is 0.155 e. The molecule has 0 bridgehead atoms. The fraction of sp³-hybridized carbons (Fsp3) is 0.462. The standard InChI is InChI=1S/C13H16BrNO/c1-9(2)15-8-7-12(16)13(15)10-5-3-4-6-11(10)14/h3-6,9,13H,7-8H2,1-2H3. The molecule has 1 aliphatic heterocycles. The van der Waals surface area contributed by atoms with E-state index in [2.05, 4.69) is 34.7 Å². The van der Waals surface area contributed by atoms with Crippen LogP contribution in [0.25, 0.3) is 0 Å². The molecule has 2 rings (SSSR count). The molecule has 1 saturated heterocycles. The molecule has 0 amide bonds. The third-order valence-corrected chi connectivity index (χ3v) is 3.84. The lowest BCUT2D eigenvalue weighted by atomic mass is 10.0. The van der Waals surface area contributed by atoms with Gasteiger partial charge in [-0.1, -0.05) is 34.1 Å². The molecule has 1 aromatic rings. The van der Waals surface area contributed by atoms with Crippen LogP contribution in [0.4, 0.5) is 0 Å². The van der Waals surface area contributed by atoms with E-state index in [9.17, 15) is 4.79 Å². The number of ketones is 1. The van der Waals surface area contributed by atoms with Gasteiger partial charge in [-0.15, -0.1) is 0 Å². The zero-order valence-electron chi connectivity index (χ0n) is 9.61. The van der Waals surface area contributed by atoms with Crippen LogP contribution in [0.1, 0.15) is 31.9 Å². The first kappa shape index (κ1) is 11.8. The van der Waals surface area contributed by atoms with E-state index >= 15 is 0 Å². The van der Waals surface area contributed by atoms with Crippen molar-refractivity contribution in [3.05, 3.63) is 34.3 Å². The van der Waals surface area contributed by atoms with Crippen LogP contribution in [0.2, 0.25) is 0 Å². The molecule has 0 N–H and O–H groups in total. The molecule has 0 aromatic heterocycles. The van der Waals surface area contributed by atoms with Crippen molar-refractivity contribution in [3.8, 4) is 0 Å². The van der Waals surface area contributed by atoms with Crippen LogP contribution in [-0.2, 0) is 4.79 Å². The Morgan fingerprint density at radius 2 is 2.06 bits per heavy atom. The summed E-state index contributed by atoms with van der Waals surface area (Å²) >= 11 is 3.53. The number of carbonyl (C=O) groups is 1. The molecule has 0 spiro atoms. The van der Waals surface area contributed by atoms with Gasteiger partial charge in [-0.05, 0) is 25.5 Å². The molecule has 0 radical (unpaired) electrons. The number of nitrogens with zero attached hydrogens (tertiary/aromatic N) is 1.